The highest BCUT2D eigenvalue weighted by atomic mass is 35.5. The molecule has 2 N–H and O–H groups in total. The number of ether oxygens (including phenoxy) is 2. The fourth-order valence-electron chi connectivity index (χ4n) is 2.71. The van der Waals surface area contributed by atoms with Crippen molar-refractivity contribution in [2.75, 3.05) is 24.4 Å². The van der Waals surface area contributed by atoms with E-state index in [1.54, 1.807) is 7.11 Å². The van der Waals surface area contributed by atoms with E-state index in [1.807, 2.05) is 73.7 Å². The van der Waals surface area contributed by atoms with Crippen LogP contribution in [0.5, 0.6) is 11.5 Å². The van der Waals surface area contributed by atoms with E-state index in [1.165, 1.54) is 0 Å². The average Bonchev–Trinajstić information content (AvgIpc) is 2.73. The summed E-state index contributed by atoms with van der Waals surface area (Å²) in [5, 5.41) is 6.67. The minimum Gasteiger partial charge on any atom is -0.495 e. The van der Waals surface area contributed by atoms with Crippen molar-refractivity contribution < 1.29 is 14.3 Å². The van der Waals surface area contributed by atoms with Crippen molar-refractivity contribution in [2.24, 2.45) is 0 Å². The summed E-state index contributed by atoms with van der Waals surface area (Å²) < 4.78 is 10.8. The molecule has 0 aromatic heterocycles. The van der Waals surface area contributed by atoms with Gasteiger partial charge in [0.05, 0.1) is 12.1 Å². The van der Waals surface area contributed by atoms with Gasteiger partial charge in [0, 0.05) is 17.9 Å². The van der Waals surface area contributed by atoms with Gasteiger partial charge in [-0.05, 0) is 55.0 Å². The summed E-state index contributed by atoms with van der Waals surface area (Å²) >= 11 is 6.15. The molecule has 0 fully saturated rings. The zero-order valence-corrected chi connectivity index (χ0v) is 17.1. The number of aryl methyl sites for hydroxylation is 1. The van der Waals surface area contributed by atoms with Crippen LogP contribution in [-0.2, 0) is 11.3 Å². The second kappa shape index (κ2) is 9.85. The first kappa shape index (κ1) is 20.6. The molecule has 150 valence electrons. The molecule has 3 aromatic carbocycles. The summed E-state index contributed by atoms with van der Waals surface area (Å²) in [5.41, 5.74) is 3.80. The Morgan fingerprint density at radius 2 is 1.76 bits per heavy atom. The van der Waals surface area contributed by atoms with Gasteiger partial charge in [0.25, 0.3) is 5.91 Å². The smallest absolute Gasteiger partial charge is 0.262 e. The number of halogens is 1. The zero-order valence-electron chi connectivity index (χ0n) is 16.4. The molecule has 3 aromatic rings. The van der Waals surface area contributed by atoms with Crippen molar-refractivity contribution in [2.45, 2.75) is 13.5 Å². The highest BCUT2D eigenvalue weighted by Crippen LogP contribution is 2.27. The Balaban J connectivity index is 1.51. The molecule has 5 nitrogen and oxygen atoms in total. The van der Waals surface area contributed by atoms with Crippen LogP contribution in [0.4, 0.5) is 11.4 Å². The quantitative estimate of drug-likeness (QED) is 0.530. The minimum atomic E-state index is -0.203. The van der Waals surface area contributed by atoms with Gasteiger partial charge in [0.15, 0.2) is 6.61 Å². The van der Waals surface area contributed by atoms with Crippen LogP contribution in [-0.4, -0.2) is 19.6 Å². The number of amides is 1. The summed E-state index contributed by atoms with van der Waals surface area (Å²) in [6.45, 7) is 2.54. The van der Waals surface area contributed by atoms with E-state index in [0.29, 0.717) is 23.1 Å². The molecule has 0 radical (unpaired) electrons. The van der Waals surface area contributed by atoms with Crippen LogP contribution in [0.15, 0.2) is 66.7 Å². The van der Waals surface area contributed by atoms with Gasteiger partial charge < -0.3 is 20.1 Å². The molecule has 0 saturated heterocycles. The van der Waals surface area contributed by atoms with Crippen molar-refractivity contribution in [3.8, 4) is 11.5 Å². The van der Waals surface area contributed by atoms with Gasteiger partial charge in [0.1, 0.15) is 11.5 Å². The molecule has 0 spiro atoms. The van der Waals surface area contributed by atoms with E-state index in [9.17, 15) is 4.79 Å². The third kappa shape index (κ3) is 6.16. The van der Waals surface area contributed by atoms with Gasteiger partial charge in [-0.15, -0.1) is 0 Å². The monoisotopic (exact) mass is 410 g/mol. The Kier molecular flexibility index (Phi) is 6.98. The molecular formula is C23H23ClN2O3. The van der Waals surface area contributed by atoms with Crippen molar-refractivity contribution in [3.05, 3.63) is 82.9 Å². The lowest BCUT2D eigenvalue weighted by Crippen LogP contribution is -2.20. The Morgan fingerprint density at radius 1 is 1.00 bits per heavy atom. The number of methoxy groups -OCH3 is 1. The number of anilines is 2. The van der Waals surface area contributed by atoms with E-state index in [2.05, 4.69) is 10.6 Å². The van der Waals surface area contributed by atoms with Crippen molar-refractivity contribution >= 4 is 28.9 Å². The number of nitrogens with one attached hydrogen (secondary N) is 2. The van der Waals surface area contributed by atoms with Crippen LogP contribution in [0.3, 0.4) is 0 Å². The van der Waals surface area contributed by atoms with Crippen LogP contribution in [0.2, 0.25) is 5.02 Å². The van der Waals surface area contributed by atoms with Gasteiger partial charge in [0.2, 0.25) is 0 Å². The van der Waals surface area contributed by atoms with Crippen LogP contribution >= 0.6 is 11.6 Å². The summed E-state index contributed by atoms with van der Waals surface area (Å²) in [6.07, 6.45) is 0. The molecule has 0 aliphatic carbocycles. The SMILES string of the molecule is COc1ccc(NCc2cccc(OCC(=O)Nc3ccc(C)cc3)c2)cc1Cl. The average molecular weight is 411 g/mol. The summed E-state index contributed by atoms with van der Waals surface area (Å²) in [7, 11) is 1.58. The summed E-state index contributed by atoms with van der Waals surface area (Å²) in [4.78, 5) is 12.1. The third-order valence-corrected chi connectivity index (χ3v) is 4.55. The number of hydrogen-bond acceptors (Lipinski definition) is 4. The molecular weight excluding hydrogens is 388 g/mol. The molecule has 0 heterocycles. The van der Waals surface area contributed by atoms with E-state index >= 15 is 0 Å². The number of rotatable bonds is 8. The molecule has 0 bridgehead atoms. The first-order chi connectivity index (χ1) is 14.0. The molecule has 0 saturated carbocycles. The van der Waals surface area contributed by atoms with Crippen LogP contribution < -0.4 is 20.1 Å². The largest absolute Gasteiger partial charge is 0.495 e. The standard InChI is InChI=1S/C23H23ClN2O3/c1-16-6-8-18(9-7-16)26-23(27)15-29-20-5-3-4-17(12-20)14-25-19-10-11-22(28-2)21(24)13-19/h3-13,25H,14-15H2,1-2H3,(H,26,27). The minimum absolute atomic E-state index is 0.0567. The van der Waals surface area contributed by atoms with Crippen LogP contribution in [0.1, 0.15) is 11.1 Å². The topological polar surface area (TPSA) is 59.6 Å². The molecule has 0 atom stereocenters. The highest BCUT2D eigenvalue weighted by molar-refractivity contribution is 6.32. The maximum absolute atomic E-state index is 12.1. The van der Waals surface area contributed by atoms with Crippen molar-refractivity contribution in [1.29, 1.82) is 0 Å². The fourth-order valence-corrected chi connectivity index (χ4v) is 2.97. The predicted octanol–water partition coefficient (Wildman–Crippen LogP) is 5.29. The van der Waals surface area contributed by atoms with Gasteiger partial charge in [-0.1, -0.05) is 41.4 Å². The Labute approximate surface area is 175 Å². The Bertz CT molecular complexity index is 974. The van der Waals surface area contributed by atoms with Crippen LogP contribution in [0, 0.1) is 6.92 Å². The maximum atomic E-state index is 12.1. The van der Waals surface area contributed by atoms with E-state index in [4.69, 9.17) is 21.1 Å². The maximum Gasteiger partial charge on any atom is 0.262 e. The highest BCUT2D eigenvalue weighted by Gasteiger charge is 2.05. The van der Waals surface area contributed by atoms with Gasteiger partial charge >= 0.3 is 0 Å². The first-order valence-corrected chi connectivity index (χ1v) is 9.57. The first-order valence-electron chi connectivity index (χ1n) is 9.19. The lowest BCUT2D eigenvalue weighted by molar-refractivity contribution is -0.118. The second-order valence-corrected chi connectivity index (χ2v) is 6.96. The number of benzene rings is 3. The van der Waals surface area contributed by atoms with E-state index in [-0.39, 0.29) is 12.5 Å². The normalized spacial score (nSPS) is 10.3. The fraction of sp³-hybridized carbons (Fsp3) is 0.174. The lowest BCUT2D eigenvalue weighted by Gasteiger charge is -2.11. The van der Waals surface area contributed by atoms with Crippen molar-refractivity contribution in [1.82, 2.24) is 0 Å². The number of hydrogen-bond donors (Lipinski definition) is 2. The molecule has 0 unspecified atom stereocenters. The summed E-state index contributed by atoms with van der Waals surface area (Å²) in [6, 6.07) is 20.8. The van der Waals surface area contributed by atoms with Crippen molar-refractivity contribution in [3.63, 3.8) is 0 Å². The molecule has 6 heteroatoms. The number of carbonyl (C=O) groups excluding carboxylic acids is 1. The summed E-state index contributed by atoms with van der Waals surface area (Å²) in [5.74, 6) is 1.07. The van der Waals surface area contributed by atoms with Gasteiger partial charge in [-0.3, -0.25) is 4.79 Å². The van der Waals surface area contributed by atoms with Gasteiger partial charge in [-0.2, -0.15) is 0 Å². The molecule has 3 rings (SSSR count). The lowest BCUT2D eigenvalue weighted by atomic mass is 10.2. The third-order valence-electron chi connectivity index (χ3n) is 4.25. The van der Waals surface area contributed by atoms with Crippen LogP contribution in [0.25, 0.3) is 0 Å². The Morgan fingerprint density at radius 3 is 2.48 bits per heavy atom. The predicted molar refractivity (Wildman–Crippen MR) is 117 cm³/mol. The van der Waals surface area contributed by atoms with E-state index in [0.717, 1.165) is 22.5 Å². The molecule has 0 aliphatic rings. The van der Waals surface area contributed by atoms with Gasteiger partial charge in [-0.25, -0.2) is 0 Å². The zero-order chi connectivity index (χ0) is 20.6. The van der Waals surface area contributed by atoms with E-state index < -0.39 is 0 Å². The number of carbonyl (C=O) groups is 1. The molecule has 29 heavy (non-hydrogen) atoms. The molecule has 0 aliphatic heterocycles. The Hall–Kier alpha value is -3.18. The second-order valence-electron chi connectivity index (χ2n) is 6.55. The molecule has 1 amide bonds.